The summed E-state index contributed by atoms with van der Waals surface area (Å²) in [5.74, 6) is 0. The van der Waals surface area contributed by atoms with Gasteiger partial charge in [0.2, 0.25) is 0 Å². The molecule has 0 N–H and O–H groups in total. The van der Waals surface area contributed by atoms with Gasteiger partial charge in [-0.3, -0.25) is 4.90 Å². The van der Waals surface area contributed by atoms with E-state index in [1.807, 2.05) is 12.1 Å². The van der Waals surface area contributed by atoms with Gasteiger partial charge in [0, 0.05) is 44.0 Å². The van der Waals surface area contributed by atoms with Crippen molar-refractivity contribution in [2.45, 2.75) is 24.8 Å². The molecule has 8 heteroatoms. The van der Waals surface area contributed by atoms with Crippen molar-refractivity contribution in [1.29, 1.82) is 0 Å². The Hall–Kier alpha value is -2.03. The molecule has 0 bridgehead atoms. The van der Waals surface area contributed by atoms with Crippen LogP contribution in [-0.2, 0) is 9.84 Å². The Balaban J connectivity index is 1.57. The van der Waals surface area contributed by atoms with E-state index in [2.05, 4.69) is 23.6 Å². The third kappa shape index (κ3) is 3.90. The van der Waals surface area contributed by atoms with Crippen LogP contribution in [0.5, 0.6) is 0 Å². The SMILES string of the molecule is CC(C)N1CCN(c2nc3ccc(-c4ccc(S(C)(=O)=O)cc4)nc3s2)CC1. The zero-order valence-electron chi connectivity index (χ0n) is 16.3. The van der Waals surface area contributed by atoms with Crippen molar-refractivity contribution >= 4 is 36.7 Å². The Morgan fingerprint density at radius 2 is 1.64 bits per heavy atom. The largest absolute Gasteiger partial charge is 0.345 e. The number of fused-ring (bicyclic) bond motifs is 1. The van der Waals surface area contributed by atoms with Crippen molar-refractivity contribution < 1.29 is 8.42 Å². The van der Waals surface area contributed by atoms with E-state index in [-0.39, 0.29) is 0 Å². The number of aromatic nitrogens is 2. The van der Waals surface area contributed by atoms with Crippen molar-refractivity contribution in [3.63, 3.8) is 0 Å². The molecule has 0 atom stereocenters. The molecule has 2 aromatic heterocycles. The lowest BCUT2D eigenvalue weighted by Gasteiger charge is -2.36. The van der Waals surface area contributed by atoms with E-state index >= 15 is 0 Å². The van der Waals surface area contributed by atoms with E-state index in [9.17, 15) is 8.42 Å². The molecule has 1 fully saturated rings. The number of nitrogens with zero attached hydrogens (tertiary/aromatic N) is 4. The Bertz CT molecular complexity index is 1080. The molecule has 3 aromatic rings. The van der Waals surface area contributed by atoms with Crippen LogP contribution in [0, 0.1) is 0 Å². The van der Waals surface area contributed by atoms with E-state index in [4.69, 9.17) is 9.97 Å². The number of hydrogen-bond donors (Lipinski definition) is 0. The number of pyridine rings is 1. The van der Waals surface area contributed by atoms with Crippen molar-refractivity contribution in [3.8, 4) is 11.3 Å². The number of sulfone groups is 1. The average Bonchev–Trinajstić information content (AvgIpc) is 3.11. The minimum absolute atomic E-state index is 0.318. The number of benzene rings is 1. The minimum Gasteiger partial charge on any atom is -0.345 e. The summed E-state index contributed by atoms with van der Waals surface area (Å²) >= 11 is 1.62. The zero-order valence-corrected chi connectivity index (χ0v) is 17.9. The maximum atomic E-state index is 11.6. The lowest BCUT2D eigenvalue weighted by molar-refractivity contribution is 0.209. The van der Waals surface area contributed by atoms with Crippen LogP contribution in [0.3, 0.4) is 0 Å². The Labute approximate surface area is 169 Å². The van der Waals surface area contributed by atoms with Crippen molar-refractivity contribution in [2.75, 3.05) is 37.3 Å². The number of hydrogen-bond acceptors (Lipinski definition) is 7. The van der Waals surface area contributed by atoms with Crippen LogP contribution in [0.25, 0.3) is 21.6 Å². The fourth-order valence-electron chi connectivity index (χ4n) is 3.40. The van der Waals surface area contributed by atoms with Gasteiger partial charge < -0.3 is 4.90 Å². The molecule has 1 saturated heterocycles. The molecule has 0 aliphatic carbocycles. The molecule has 1 aromatic carbocycles. The minimum atomic E-state index is -3.19. The summed E-state index contributed by atoms with van der Waals surface area (Å²) in [6.07, 6.45) is 1.21. The van der Waals surface area contributed by atoms with Gasteiger partial charge in [0.15, 0.2) is 15.0 Å². The van der Waals surface area contributed by atoms with Gasteiger partial charge in [-0.2, -0.15) is 0 Å². The average molecular weight is 417 g/mol. The fourth-order valence-corrected chi connectivity index (χ4v) is 5.03. The van der Waals surface area contributed by atoms with Crippen LogP contribution in [0.4, 0.5) is 5.13 Å². The highest BCUT2D eigenvalue weighted by atomic mass is 32.2. The second-order valence-corrected chi connectivity index (χ2v) is 10.4. The lowest BCUT2D eigenvalue weighted by atomic mass is 10.1. The Morgan fingerprint density at radius 1 is 0.964 bits per heavy atom. The van der Waals surface area contributed by atoms with Crippen LogP contribution in [-0.4, -0.2) is 61.8 Å². The Morgan fingerprint density at radius 3 is 2.25 bits per heavy atom. The first-order chi connectivity index (χ1) is 13.3. The Kier molecular flexibility index (Phi) is 5.11. The maximum absolute atomic E-state index is 11.6. The molecule has 1 aliphatic rings. The summed E-state index contributed by atoms with van der Waals surface area (Å²) in [5, 5.41) is 1.02. The van der Waals surface area contributed by atoms with Gasteiger partial charge in [0.25, 0.3) is 0 Å². The molecule has 28 heavy (non-hydrogen) atoms. The first kappa shape index (κ1) is 19.3. The molecule has 148 valence electrons. The molecule has 6 nitrogen and oxygen atoms in total. The number of rotatable bonds is 4. The van der Waals surface area contributed by atoms with E-state index in [0.717, 1.165) is 52.9 Å². The smallest absolute Gasteiger partial charge is 0.188 e. The number of thiazole rings is 1. The molecular formula is C20H24N4O2S2. The molecule has 0 saturated carbocycles. The molecule has 1 aliphatic heterocycles. The normalized spacial score (nSPS) is 16.2. The van der Waals surface area contributed by atoms with Crippen molar-refractivity contribution in [1.82, 2.24) is 14.9 Å². The van der Waals surface area contributed by atoms with Crippen molar-refractivity contribution in [2.24, 2.45) is 0 Å². The summed E-state index contributed by atoms with van der Waals surface area (Å²) in [7, 11) is -3.19. The van der Waals surface area contributed by atoms with Crippen LogP contribution in [0.15, 0.2) is 41.3 Å². The van der Waals surface area contributed by atoms with Crippen LogP contribution in [0.1, 0.15) is 13.8 Å². The predicted octanol–water partition coefficient (Wildman–Crippen LogP) is 3.29. The second kappa shape index (κ2) is 7.42. The highest BCUT2D eigenvalue weighted by Crippen LogP contribution is 2.30. The highest BCUT2D eigenvalue weighted by Gasteiger charge is 2.21. The second-order valence-electron chi connectivity index (χ2n) is 7.43. The van der Waals surface area contributed by atoms with Gasteiger partial charge >= 0.3 is 0 Å². The van der Waals surface area contributed by atoms with Gasteiger partial charge in [0.05, 0.1) is 10.6 Å². The van der Waals surface area contributed by atoms with Crippen LogP contribution < -0.4 is 4.90 Å². The molecule has 3 heterocycles. The number of anilines is 1. The van der Waals surface area contributed by atoms with Gasteiger partial charge in [-0.15, -0.1) is 0 Å². The van der Waals surface area contributed by atoms with E-state index < -0.39 is 9.84 Å². The zero-order chi connectivity index (χ0) is 19.9. The fraction of sp³-hybridized carbons (Fsp3) is 0.400. The summed E-state index contributed by atoms with van der Waals surface area (Å²) in [6.45, 7) is 8.55. The van der Waals surface area contributed by atoms with E-state index in [0.29, 0.717) is 10.9 Å². The molecular weight excluding hydrogens is 392 g/mol. The van der Waals surface area contributed by atoms with Gasteiger partial charge in [-0.05, 0) is 38.1 Å². The molecule has 0 amide bonds. The summed E-state index contributed by atoms with van der Waals surface area (Å²) in [4.78, 5) is 15.6. The van der Waals surface area contributed by atoms with Gasteiger partial charge in [0.1, 0.15) is 10.3 Å². The first-order valence-corrected chi connectivity index (χ1v) is 12.1. The molecule has 4 rings (SSSR count). The van der Waals surface area contributed by atoms with Gasteiger partial charge in [-0.1, -0.05) is 23.5 Å². The summed E-state index contributed by atoms with van der Waals surface area (Å²) in [5.41, 5.74) is 2.63. The van der Waals surface area contributed by atoms with Crippen LogP contribution >= 0.6 is 11.3 Å². The summed E-state index contributed by atoms with van der Waals surface area (Å²) < 4.78 is 23.3. The standard InChI is InChI=1S/C20H24N4O2S2/c1-14(2)23-10-12-24(13-11-23)20-22-18-9-8-17(21-19(18)27-20)15-4-6-16(7-5-15)28(3,25)26/h4-9,14H,10-13H2,1-3H3. The van der Waals surface area contributed by atoms with Gasteiger partial charge in [-0.25, -0.2) is 18.4 Å². The highest BCUT2D eigenvalue weighted by molar-refractivity contribution is 7.90. The first-order valence-electron chi connectivity index (χ1n) is 9.38. The molecule has 0 unspecified atom stereocenters. The van der Waals surface area contributed by atoms with Crippen LogP contribution in [0.2, 0.25) is 0 Å². The third-order valence-electron chi connectivity index (χ3n) is 5.14. The lowest BCUT2D eigenvalue weighted by Crippen LogP contribution is -2.48. The topological polar surface area (TPSA) is 66.4 Å². The van der Waals surface area contributed by atoms with E-state index in [1.165, 1.54) is 6.26 Å². The molecule has 0 spiro atoms. The van der Waals surface area contributed by atoms with E-state index in [1.54, 1.807) is 35.6 Å². The quantitative estimate of drug-likeness (QED) is 0.650. The van der Waals surface area contributed by atoms with Crippen molar-refractivity contribution in [3.05, 3.63) is 36.4 Å². The third-order valence-corrected chi connectivity index (χ3v) is 7.29. The predicted molar refractivity (Wildman–Crippen MR) is 115 cm³/mol. The molecule has 0 radical (unpaired) electrons. The summed E-state index contributed by atoms with van der Waals surface area (Å²) in [6, 6.07) is 11.4. The maximum Gasteiger partial charge on any atom is 0.188 e. The number of piperazine rings is 1. The monoisotopic (exact) mass is 416 g/mol.